The molecule has 1 aliphatic rings. The van der Waals surface area contributed by atoms with Gasteiger partial charge in [-0.05, 0) is 36.4 Å². The lowest BCUT2D eigenvalue weighted by molar-refractivity contribution is -0.137. The highest BCUT2D eigenvalue weighted by Gasteiger charge is 2.34. The third kappa shape index (κ3) is 3.41. The Morgan fingerprint density at radius 2 is 1.76 bits per heavy atom. The third-order valence-corrected chi connectivity index (χ3v) is 4.61. The summed E-state index contributed by atoms with van der Waals surface area (Å²) in [6, 6.07) is 8.20. The first kappa shape index (κ1) is 17.9. The van der Waals surface area contributed by atoms with Gasteiger partial charge in [-0.25, -0.2) is 0 Å². The normalized spacial score (nSPS) is 14.5. The monoisotopic (exact) mass is 388 g/mol. The Labute approximate surface area is 152 Å². The van der Waals surface area contributed by atoms with Crippen molar-refractivity contribution in [1.82, 2.24) is 0 Å². The number of nitrogens with zero attached hydrogens (tertiary/aromatic N) is 2. The average Bonchev–Trinajstić information content (AvgIpc) is 2.53. The van der Waals surface area contributed by atoms with Crippen molar-refractivity contribution in [2.24, 2.45) is 0 Å². The molecule has 1 aliphatic heterocycles. The van der Waals surface area contributed by atoms with Crippen molar-refractivity contribution < 1.29 is 18.0 Å². The Balaban J connectivity index is 1.99. The van der Waals surface area contributed by atoms with Gasteiger partial charge < -0.3 is 9.80 Å². The van der Waals surface area contributed by atoms with Crippen LogP contribution in [0.2, 0.25) is 10.0 Å². The molecule has 0 spiro atoms. The Morgan fingerprint density at radius 3 is 2.40 bits per heavy atom. The molecule has 0 fully saturated rings. The fourth-order valence-electron chi connectivity index (χ4n) is 2.77. The van der Waals surface area contributed by atoms with Crippen LogP contribution in [0.3, 0.4) is 0 Å². The molecule has 2 aromatic rings. The fraction of sp³-hybridized carbons (Fsp3) is 0.235. The fourth-order valence-corrected chi connectivity index (χ4v) is 3.23. The van der Waals surface area contributed by atoms with Crippen LogP contribution in [0.25, 0.3) is 0 Å². The molecule has 0 aliphatic carbocycles. The van der Waals surface area contributed by atoms with Gasteiger partial charge in [0.15, 0.2) is 0 Å². The molecule has 0 bridgehead atoms. The van der Waals surface area contributed by atoms with Crippen LogP contribution in [0.1, 0.15) is 15.9 Å². The van der Waals surface area contributed by atoms with E-state index in [0.717, 1.165) is 23.9 Å². The smallest absolute Gasteiger partial charge is 0.371 e. The highest BCUT2D eigenvalue weighted by molar-refractivity contribution is 6.32. The number of likely N-dealkylation sites (N-methyl/N-ethyl adjacent to an activating group) is 1. The van der Waals surface area contributed by atoms with E-state index in [2.05, 4.69) is 0 Å². The zero-order valence-corrected chi connectivity index (χ0v) is 14.6. The van der Waals surface area contributed by atoms with Crippen molar-refractivity contribution in [1.29, 1.82) is 0 Å². The number of benzene rings is 2. The minimum absolute atomic E-state index is 0.0912. The van der Waals surface area contributed by atoms with Gasteiger partial charge in [-0.3, -0.25) is 4.79 Å². The maximum absolute atomic E-state index is 12.8. The molecular formula is C17H13Cl2F3N2O. The van der Waals surface area contributed by atoms with Crippen LogP contribution in [0.15, 0.2) is 36.4 Å². The van der Waals surface area contributed by atoms with E-state index >= 15 is 0 Å². The van der Waals surface area contributed by atoms with Crippen LogP contribution in [0, 0.1) is 0 Å². The van der Waals surface area contributed by atoms with Gasteiger partial charge >= 0.3 is 6.18 Å². The molecule has 3 nitrogen and oxygen atoms in total. The molecule has 8 heteroatoms. The molecule has 0 saturated carbocycles. The molecule has 0 N–H and O–H groups in total. The molecule has 0 unspecified atom stereocenters. The number of halogens is 5. The van der Waals surface area contributed by atoms with Crippen LogP contribution < -0.4 is 9.80 Å². The topological polar surface area (TPSA) is 23.6 Å². The first-order chi connectivity index (χ1) is 11.7. The van der Waals surface area contributed by atoms with Crippen molar-refractivity contribution in [3.63, 3.8) is 0 Å². The summed E-state index contributed by atoms with van der Waals surface area (Å²) in [5, 5.41) is -0.0314. The largest absolute Gasteiger partial charge is 0.417 e. The standard InChI is InChI=1S/C17H13Cl2F3N2O/c1-23-6-7-24(15-9-11(18)3-5-14(15)23)16(25)10-2-4-12(13(19)8-10)17(20,21)22/h2-5,8-9H,6-7H2,1H3. The lowest BCUT2D eigenvalue weighted by Crippen LogP contribution is -2.42. The Hall–Kier alpha value is -1.92. The van der Waals surface area contributed by atoms with Gasteiger partial charge in [0.05, 0.1) is 22.0 Å². The number of hydrogen-bond donors (Lipinski definition) is 0. The van der Waals surface area contributed by atoms with E-state index in [1.165, 1.54) is 4.90 Å². The molecule has 1 heterocycles. The van der Waals surface area contributed by atoms with E-state index < -0.39 is 22.7 Å². The van der Waals surface area contributed by atoms with Gasteiger partial charge in [-0.2, -0.15) is 13.2 Å². The van der Waals surface area contributed by atoms with E-state index in [1.807, 2.05) is 11.9 Å². The lowest BCUT2D eigenvalue weighted by atomic mass is 10.1. The van der Waals surface area contributed by atoms with E-state index in [0.29, 0.717) is 23.8 Å². The summed E-state index contributed by atoms with van der Waals surface area (Å²) in [6.45, 7) is 0.982. The van der Waals surface area contributed by atoms with Gasteiger partial charge in [0.2, 0.25) is 0 Å². The summed E-state index contributed by atoms with van der Waals surface area (Å²) in [5.74, 6) is -0.424. The van der Waals surface area contributed by atoms with E-state index in [1.54, 1.807) is 18.2 Å². The van der Waals surface area contributed by atoms with E-state index in [4.69, 9.17) is 23.2 Å². The second kappa shape index (κ2) is 6.42. The number of amides is 1. The number of hydrogen-bond acceptors (Lipinski definition) is 2. The van der Waals surface area contributed by atoms with E-state index in [9.17, 15) is 18.0 Å². The average molecular weight is 389 g/mol. The quantitative estimate of drug-likeness (QED) is 0.677. The zero-order valence-electron chi connectivity index (χ0n) is 13.1. The molecule has 0 radical (unpaired) electrons. The van der Waals surface area contributed by atoms with Crippen LogP contribution in [0.4, 0.5) is 24.5 Å². The van der Waals surface area contributed by atoms with Crippen molar-refractivity contribution in [2.75, 3.05) is 29.9 Å². The number of fused-ring (bicyclic) bond motifs is 1. The summed E-state index contributed by atoms with van der Waals surface area (Å²) in [4.78, 5) is 16.3. The first-order valence-electron chi connectivity index (χ1n) is 7.38. The number of carbonyl (C=O) groups is 1. The van der Waals surface area contributed by atoms with Gasteiger partial charge in [-0.1, -0.05) is 23.2 Å². The molecule has 0 saturated heterocycles. The maximum atomic E-state index is 12.8. The molecule has 132 valence electrons. The number of anilines is 2. The predicted molar refractivity (Wildman–Crippen MR) is 92.9 cm³/mol. The van der Waals surface area contributed by atoms with Crippen molar-refractivity contribution in [3.8, 4) is 0 Å². The highest BCUT2D eigenvalue weighted by atomic mass is 35.5. The van der Waals surface area contributed by atoms with E-state index in [-0.39, 0.29) is 5.56 Å². The van der Waals surface area contributed by atoms with Gasteiger partial charge in [0.1, 0.15) is 0 Å². The summed E-state index contributed by atoms with van der Waals surface area (Å²) in [7, 11) is 1.89. The predicted octanol–water partition coefficient (Wildman–Crippen LogP) is 5.11. The third-order valence-electron chi connectivity index (χ3n) is 4.07. The SMILES string of the molecule is CN1CCN(C(=O)c2ccc(C(F)(F)F)c(Cl)c2)c2cc(Cl)ccc21. The summed E-state index contributed by atoms with van der Waals surface area (Å²) in [5.41, 5.74) is 0.560. The van der Waals surface area contributed by atoms with Crippen LogP contribution in [0.5, 0.6) is 0 Å². The van der Waals surface area contributed by atoms with Crippen LogP contribution in [-0.2, 0) is 6.18 Å². The molecule has 0 atom stereocenters. The Morgan fingerprint density at radius 1 is 1.04 bits per heavy atom. The molecular weight excluding hydrogens is 376 g/mol. The molecule has 2 aromatic carbocycles. The zero-order chi connectivity index (χ0) is 18.4. The highest BCUT2D eigenvalue weighted by Crippen LogP contribution is 2.37. The van der Waals surface area contributed by atoms with Crippen LogP contribution in [-0.4, -0.2) is 26.0 Å². The lowest BCUT2D eigenvalue weighted by Gasteiger charge is -2.35. The minimum Gasteiger partial charge on any atom is -0.371 e. The summed E-state index contributed by atoms with van der Waals surface area (Å²) in [6.07, 6.45) is -4.56. The number of rotatable bonds is 1. The molecule has 3 rings (SSSR count). The second-order valence-corrected chi connectivity index (χ2v) is 6.55. The van der Waals surface area contributed by atoms with Crippen molar-refractivity contribution in [3.05, 3.63) is 57.6 Å². The van der Waals surface area contributed by atoms with Crippen molar-refractivity contribution in [2.45, 2.75) is 6.18 Å². The summed E-state index contributed by atoms with van der Waals surface area (Å²) < 4.78 is 38.5. The minimum atomic E-state index is -4.56. The Bertz CT molecular complexity index is 839. The number of alkyl halides is 3. The number of carbonyl (C=O) groups excluding carboxylic acids is 1. The van der Waals surface area contributed by atoms with Gasteiger partial charge in [-0.15, -0.1) is 0 Å². The first-order valence-corrected chi connectivity index (χ1v) is 8.13. The van der Waals surface area contributed by atoms with Gasteiger partial charge in [0.25, 0.3) is 5.91 Å². The van der Waals surface area contributed by atoms with Crippen molar-refractivity contribution >= 4 is 40.5 Å². The maximum Gasteiger partial charge on any atom is 0.417 e. The molecule has 25 heavy (non-hydrogen) atoms. The van der Waals surface area contributed by atoms with Gasteiger partial charge in [0, 0.05) is 30.7 Å². The van der Waals surface area contributed by atoms with Crippen LogP contribution >= 0.6 is 23.2 Å². The second-order valence-electron chi connectivity index (χ2n) is 5.70. The molecule has 1 amide bonds. The Kier molecular flexibility index (Phi) is 4.60. The molecule has 0 aromatic heterocycles. The summed E-state index contributed by atoms with van der Waals surface area (Å²) >= 11 is 11.8.